The third-order valence-electron chi connectivity index (χ3n) is 2.90. The van der Waals surface area contributed by atoms with Crippen molar-refractivity contribution in [3.63, 3.8) is 0 Å². The maximum absolute atomic E-state index is 13.6. The average Bonchev–Trinajstić information content (AvgIpc) is 2.33. The molecule has 0 aliphatic carbocycles. The second-order valence-corrected chi connectivity index (χ2v) is 4.56. The molecule has 3 heteroatoms. The summed E-state index contributed by atoms with van der Waals surface area (Å²) in [7, 11) is 0. The first-order valence-corrected chi connectivity index (χ1v) is 5.71. The van der Waals surface area contributed by atoms with Gasteiger partial charge >= 0.3 is 0 Å². The first-order valence-electron chi connectivity index (χ1n) is 5.71. The number of rotatable bonds is 3. The molecule has 0 fully saturated rings. The van der Waals surface area contributed by atoms with Gasteiger partial charge in [0.15, 0.2) is 0 Å². The lowest BCUT2D eigenvalue weighted by Gasteiger charge is -2.24. The minimum absolute atomic E-state index is 0.0219. The van der Waals surface area contributed by atoms with E-state index >= 15 is 0 Å². The second kappa shape index (κ2) is 4.86. The molecule has 0 heterocycles. The molecule has 1 unspecified atom stereocenters. The van der Waals surface area contributed by atoms with E-state index in [0.29, 0.717) is 0 Å². The molecule has 0 bridgehead atoms. The number of hydrogen-bond acceptors (Lipinski definition) is 1. The van der Waals surface area contributed by atoms with E-state index in [9.17, 15) is 13.9 Å². The van der Waals surface area contributed by atoms with Crippen LogP contribution < -0.4 is 0 Å². The summed E-state index contributed by atoms with van der Waals surface area (Å²) in [6.45, 7) is 1.48. The van der Waals surface area contributed by atoms with Crippen LogP contribution in [0.3, 0.4) is 0 Å². The van der Waals surface area contributed by atoms with Crippen LogP contribution in [0.5, 0.6) is 0 Å². The largest absolute Gasteiger partial charge is 0.385 e. The van der Waals surface area contributed by atoms with E-state index in [1.165, 1.54) is 6.92 Å². The monoisotopic (exact) mass is 248 g/mol. The third-order valence-corrected chi connectivity index (χ3v) is 2.90. The van der Waals surface area contributed by atoms with Crippen molar-refractivity contribution < 1.29 is 13.9 Å². The van der Waals surface area contributed by atoms with Crippen LogP contribution in [0.1, 0.15) is 18.1 Å². The predicted molar refractivity (Wildman–Crippen MR) is 66.1 cm³/mol. The van der Waals surface area contributed by atoms with E-state index in [1.54, 1.807) is 0 Å². The van der Waals surface area contributed by atoms with Crippen molar-refractivity contribution in [3.8, 4) is 0 Å². The molecule has 0 saturated carbocycles. The Labute approximate surface area is 105 Å². The summed E-state index contributed by atoms with van der Waals surface area (Å²) < 4.78 is 26.8. The molecule has 0 spiro atoms. The van der Waals surface area contributed by atoms with Crippen LogP contribution in [0.4, 0.5) is 8.78 Å². The van der Waals surface area contributed by atoms with Gasteiger partial charge in [0.1, 0.15) is 11.6 Å². The molecular formula is C15H14F2O. The molecule has 2 aromatic rings. The van der Waals surface area contributed by atoms with E-state index in [0.717, 1.165) is 23.8 Å². The smallest absolute Gasteiger partial charge is 0.129 e. The highest BCUT2D eigenvalue weighted by Crippen LogP contribution is 2.28. The van der Waals surface area contributed by atoms with Crippen molar-refractivity contribution in [1.82, 2.24) is 0 Å². The van der Waals surface area contributed by atoms with Crippen molar-refractivity contribution in [2.45, 2.75) is 18.9 Å². The fourth-order valence-corrected chi connectivity index (χ4v) is 2.00. The van der Waals surface area contributed by atoms with Crippen LogP contribution in [-0.4, -0.2) is 5.11 Å². The van der Waals surface area contributed by atoms with Gasteiger partial charge in [-0.15, -0.1) is 0 Å². The van der Waals surface area contributed by atoms with Gasteiger partial charge in [-0.2, -0.15) is 0 Å². The van der Waals surface area contributed by atoms with Crippen LogP contribution in [0, 0.1) is 11.6 Å². The molecule has 0 aliphatic rings. The molecule has 1 atom stereocenters. The van der Waals surface area contributed by atoms with Crippen molar-refractivity contribution in [2.75, 3.05) is 0 Å². The lowest BCUT2D eigenvalue weighted by atomic mass is 9.88. The fraction of sp³-hybridized carbons (Fsp3) is 0.200. The first-order chi connectivity index (χ1) is 8.49. The standard InChI is InChI=1S/C15H14F2O/c1-15(18,10-11-5-3-2-4-6-11)13-9-12(16)7-8-14(13)17/h2-9,18H,10H2,1H3. The molecule has 94 valence electrons. The van der Waals surface area contributed by atoms with Crippen molar-refractivity contribution in [2.24, 2.45) is 0 Å². The zero-order valence-corrected chi connectivity index (χ0v) is 10.0. The molecule has 0 amide bonds. The molecule has 2 aromatic carbocycles. The van der Waals surface area contributed by atoms with Gasteiger partial charge < -0.3 is 5.11 Å². The van der Waals surface area contributed by atoms with E-state index in [2.05, 4.69) is 0 Å². The predicted octanol–water partition coefficient (Wildman–Crippen LogP) is 3.42. The normalized spacial score (nSPS) is 14.2. The Kier molecular flexibility index (Phi) is 3.43. The Morgan fingerprint density at radius 1 is 1.06 bits per heavy atom. The van der Waals surface area contributed by atoms with E-state index < -0.39 is 17.2 Å². The minimum Gasteiger partial charge on any atom is -0.385 e. The quantitative estimate of drug-likeness (QED) is 0.882. The Morgan fingerprint density at radius 3 is 2.39 bits per heavy atom. The van der Waals surface area contributed by atoms with Gasteiger partial charge in [0.05, 0.1) is 5.60 Å². The SMILES string of the molecule is CC(O)(Cc1ccccc1)c1cc(F)ccc1F. The Balaban J connectivity index is 2.33. The molecule has 1 nitrogen and oxygen atoms in total. The minimum atomic E-state index is -1.44. The summed E-state index contributed by atoms with van der Waals surface area (Å²) in [4.78, 5) is 0. The highest BCUT2D eigenvalue weighted by Gasteiger charge is 2.27. The lowest BCUT2D eigenvalue weighted by Crippen LogP contribution is -2.26. The Morgan fingerprint density at radius 2 is 1.72 bits per heavy atom. The lowest BCUT2D eigenvalue weighted by molar-refractivity contribution is 0.0534. The van der Waals surface area contributed by atoms with Crippen LogP contribution in [0.15, 0.2) is 48.5 Å². The van der Waals surface area contributed by atoms with Crippen LogP contribution in [0.2, 0.25) is 0 Å². The Hall–Kier alpha value is -1.74. The molecular weight excluding hydrogens is 234 g/mol. The summed E-state index contributed by atoms with van der Waals surface area (Å²) in [6.07, 6.45) is 0.230. The average molecular weight is 248 g/mol. The fourth-order valence-electron chi connectivity index (χ4n) is 2.00. The summed E-state index contributed by atoms with van der Waals surface area (Å²) in [5.74, 6) is -1.16. The van der Waals surface area contributed by atoms with Crippen molar-refractivity contribution >= 4 is 0 Å². The second-order valence-electron chi connectivity index (χ2n) is 4.56. The van der Waals surface area contributed by atoms with Crippen LogP contribution in [-0.2, 0) is 12.0 Å². The number of aliphatic hydroxyl groups is 1. The van der Waals surface area contributed by atoms with E-state index in [4.69, 9.17) is 0 Å². The highest BCUT2D eigenvalue weighted by molar-refractivity contribution is 5.28. The number of hydrogen-bond donors (Lipinski definition) is 1. The molecule has 1 N–H and O–H groups in total. The highest BCUT2D eigenvalue weighted by atomic mass is 19.1. The van der Waals surface area contributed by atoms with Gasteiger partial charge in [-0.05, 0) is 30.7 Å². The van der Waals surface area contributed by atoms with Crippen molar-refractivity contribution in [3.05, 3.63) is 71.3 Å². The summed E-state index contributed by atoms with van der Waals surface area (Å²) in [5.41, 5.74) is -0.592. The molecule has 2 rings (SSSR count). The zero-order chi connectivity index (χ0) is 13.2. The van der Waals surface area contributed by atoms with E-state index in [1.807, 2.05) is 30.3 Å². The van der Waals surface area contributed by atoms with Gasteiger partial charge in [0.2, 0.25) is 0 Å². The maximum atomic E-state index is 13.6. The Bertz CT molecular complexity index is 535. The number of halogens is 2. The molecule has 18 heavy (non-hydrogen) atoms. The topological polar surface area (TPSA) is 20.2 Å². The maximum Gasteiger partial charge on any atom is 0.129 e. The van der Waals surface area contributed by atoms with Gasteiger partial charge in [-0.3, -0.25) is 0 Å². The van der Waals surface area contributed by atoms with Gasteiger partial charge in [-0.1, -0.05) is 30.3 Å². The summed E-state index contributed by atoms with van der Waals surface area (Å²) in [6, 6.07) is 12.3. The van der Waals surface area contributed by atoms with Gasteiger partial charge in [0.25, 0.3) is 0 Å². The third kappa shape index (κ3) is 2.74. The van der Waals surface area contributed by atoms with Crippen molar-refractivity contribution in [1.29, 1.82) is 0 Å². The molecule has 0 aliphatic heterocycles. The van der Waals surface area contributed by atoms with Crippen LogP contribution in [0.25, 0.3) is 0 Å². The molecule has 0 saturated heterocycles. The van der Waals surface area contributed by atoms with Crippen LogP contribution >= 0.6 is 0 Å². The summed E-state index contributed by atoms with van der Waals surface area (Å²) >= 11 is 0. The van der Waals surface area contributed by atoms with E-state index in [-0.39, 0.29) is 12.0 Å². The zero-order valence-electron chi connectivity index (χ0n) is 10.0. The van der Waals surface area contributed by atoms with Gasteiger partial charge in [-0.25, -0.2) is 8.78 Å². The first kappa shape index (κ1) is 12.7. The summed E-state index contributed by atoms with van der Waals surface area (Å²) in [5, 5.41) is 10.3. The molecule has 0 radical (unpaired) electrons. The number of benzene rings is 2. The molecule has 0 aromatic heterocycles. The van der Waals surface area contributed by atoms with Gasteiger partial charge in [0, 0.05) is 12.0 Å².